The predicted molar refractivity (Wildman–Crippen MR) is 85.7 cm³/mol. The Morgan fingerprint density at radius 2 is 2.00 bits per heavy atom. The number of pyridine rings is 1. The van der Waals surface area contributed by atoms with Gasteiger partial charge >= 0.3 is 0 Å². The van der Waals surface area contributed by atoms with Crippen LogP contribution in [0.1, 0.15) is 36.5 Å². The van der Waals surface area contributed by atoms with E-state index in [-0.39, 0.29) is 11.5 Å². The molecule has 0 bridgehead atoms. The normalized spacial score (nSPS) is 10.8. The van der Waals surface area contributed by atoms with Crippen molar-refractivity contribution in [1.29, 1.82) is 0 Å². The minimum absolute atomic E-state index is 0.0430. The Bertz CT molecular complexity index is 717. The summed E-state index contributed by atoms with van der Waals surface area (Å²) in [5, 5.41) is 3.88. The number of aromatic nitrogens is 1. The lowest BCUT2D eigenvalue weighted by atomic mass is 10.0. The first-order valence-corrected chi connectivity index (χ1v) is 7.41. The smallest absolute Gasteiger partial charge is 0.251 e. The van der Waals surface area contributed by atoms with E-state index in [1.807, 2.05) is 26.8 Å². The van der Waals surface area contributed by atoms with Crippen LogP contribution in [0.3, 0.4) is 0 Å². The SMILES string of the molecule is CCCC(=O)NCCc1cc2cc(C)cc(C)c2[nH]c1=O. The summed E-state index contributed by atoms with van der Waals surface area (Å²) >= 11 is 0. The average molecular weight is 286 g/mol. The van der Waals surface area contributed by atoms with Crippen molar-refractivity contribution >= 4 is 16.8 Å². The molecule has 112 valence electrons. The van der Waals surface area contributed by atoms with E-state index in [9.17, 15) is 9.59 Å². The highest BCUT2D eigenvalue weighted by atomic mass is 16.1. The Balaban J connectivity index is 2.19. The van der Waals surface area contributed by atoms with Crippen molar-refractivity contribution in [2.24, 2.45) is 0 Å². The van der Waals surface area contributed by atoms with Crippen LogP contribution in [0.15, 0.2) is 23.0 Å². The number of fused-ring (bicyclic) bond motifs is 1. The van der Waals surface area contributed by atoms with Crippen molar-refractivity contribution in [2.45, 2.75) is 40.0 Å². The van der Waals surface area contributed by atoms with E-state index in [2.05, 4.69) is 22.4 Å². The molecule has 0 aliphatic heterocycles. The molecule has 0 aliphatic carbocycles. The predicted octanol–water partition coefficient (Wildman–Crippen LogP) is 2.60. The van der Waals surface area contributed by atoms with E-state index in [1.165, 1.54) is 5.56 Å². The van der Waals surface area contributed by atoms with E-state index in [4.69, 9.17) is 0 Å². The highest BCUT2D eigenvalue weighted by Crippen LogP contribution is 2.18. The minimum atomic E-state index is -0.0702. The maximum Gasteiger partial charge on any atom is 0.251 e. The Labute approximate surface area is 124 Å². The number of carbonyl (C=O) groups is 1. The number of carbonyl (C=O) groups excluding carboxylic acids is 1. The summed E-state index contributed by atoms with van der Waals surface area (Å²) < 4.78 is 0. The van der Waals surface area contributed by atoms with Crippen LogP contribution in [0, 0.1) is 13.8 Å². The van der Waals surface area contributed by atoms with Gasteiger partial charge in [0.25, 0.3) is 5.56 Å². The second kappa shape index (κ2) is 6.57. The molecule has 0 unspecified atom stereocenters. The molecule has 0 atom stereocenters. The lowest BCUT2D eigenvalue weighted by Gasteiger charge is -2.08. The molecule has 4 nitrogen and oxygen atoms in total. The third-order valence-corrected chi connectivity index (χ3v) is 3.56. The van der Waals surface area contributed by atoms with E-state index in [0.717, 1.165) is 22.9 Å². The van der Waals surface area contributed by atoms with Gasteiger partial charge in [-0.1, -0.05) is 18.6 Å². The molecule has 0 fully saturated rings. The van der Waals surface area contributed by atoms with E-state index in [0.29, 0.717) is 24.9 Å². The molecule has 1 amide bonds. The van der Waals surface area contributed by atoms with Gasteiger partial charge in [0.05, 0.1) is 5.52 Å². The van der Waals surface area contributed by atoms with Gasteiger partial charge in [0.15, 0.2) is 0 Å². The standard InChI is InChI=1S/C17H22N2O2/c1-4-5-15(20)18-7-6-13-10-14-9-11(2)8-12(3)16(14)19-17(13)21/h8-10H,4-7H2,1-3H3,(H,18,20)(H,19,21). The minimum Gasteiger partial charge on any atom is -0.356 e. The molecule has 21 heavy (non-hydrogen) atoms. The fourth-order valence-corrected chi connectivity index (χ4v) is 2.57. The monoisotopic (exact) mass is 286 g/mol. The Hall–Kier alpha value is -2.10. The van der Waals surface area contributed by atoms with Gasteiger partial charge in [-0.3, -0.25) is 9.59 Å². The first-order chi connectivity index (χ1) is 10.0. The molecule has 0 saturated heterocycles. The highest BCUT2D eigenvalue weighted by Gasteiger charge is 2.06. The third-order valence-electron chi connectivity index (χ3n) is 3.56. The maximum atomic E-state index is 12.1. The fourth-order valence-electron chi connectivity index (χ4n) is 2.57. The number of rotatable bonds is 5. The Morgan fingerprint density at radius 3 is 2.71 bits per heavy atom. The van der Waals surface area contributed by atoms with Crippen LogP contribution in [0.5, 0.6) is 0 Å². The quantitative estimate of drug-likeness (QED) is 0.887. The van der Waals surface area contributed by atoms with Gasteiger partial charge in [0.1, 0.15) is 0 Å². The van der Waals surface area contributed by atoms with Gasteiger partial charge in [-0.15, -0.1) is 0 Å². The molecule has 4 heteroatoms. The molecule has 1 aromatic carbocycles. The Morgan fingerprint density at radius 1 is 1.24 bits per heavy atom. The average Bonchev–Trinajstić information content (AvgIpc) is 2.40. The fraction of sp³-hybridized carbons (Fsp3) is 0.412. The van der Waals surface area contributed by atoms with E-state index >= 15 is 0 Å². The van der Waals surface area contributed by atoms with Crippen molar-refractivity contribution < 1.29 is 4.79 Å². The van der Waals surface area contributed by atoms with Crippen molar-refractivity contribution in [3.63, 3.8) is 0 Å². The van der Waals surface area contributed by atoms with Crippen LogP contribution in [0.4, 0.5) is 0 Å². The summed E-state index contributed by atoms with van der Waals surface area (Å²) in [4.78, 5) is 26.5. The van der Waals surface area contributed by atoms with Gasteiger partial charge in [0.2, 0.25) is 5.91 Å². The van der Waals surface area contributed by atoms with Crippen LogP contribution in [0.2, 0.25) is 0 Å². The molecule has 2 N–H and O–H groups in total. The first-order valence-electron chi connectivity index (χ1n) is 7.41. The highest BCUT2D eigenvalue weighted by molar-refractivity contribution is 5.82. The van der Waals surface area contributed by atoms with Crippen molar-refractivity contribution in [1.82, 2.24) is 10.3 Å². The summed E-state index contributed by atoms with van der Waals surface area (Å²) in [5.41, 5.74) is 3.78. The van der Waals surface area contributed by atoms with Crippen LogP contribution in [-0.2, 0) is 11.2 Å². The van der Waals surface area contributed by atoms with E-state index < -0.39 is 0 Å². The lowest BCUT2D eigenvalue weighted by Crippen LogP contribution is -2.27. The molecule has 0 saturated carbocycles. The summed E-state index contributed by atoms with van der Waals surface area (Å²) in [7, 11) is 0. The zero-order valence-corrected chi connectivity index (χ0v) is 12.9. The van der Waals surface area contributed by atoms with Crippen molar-refractivity contribution in [3.8, 4) is 0 Å². The van der Waals surface area contributed by atoms with Gasteiger partial charge < -0.3 is 10.3 Å². The summed E-state index contributed by atoms with van der Waals surface area (Å²) in [6.07, 6.45) is 1.92. The van der Waals surface area contributed by atoms with Crippen LogP contribution in [0.25, 0.3) is 10.9 Å². The molecule has 2 rings (SSSR count). The van der Waals surface area contributed by atoms with Crippen molar-refractivity contribution in [2.75, 3.05) is 6.54 Å². The molecule has 0 radical (unpaired) electrons. The topological polar surface area (TPSA) is 62.0 Å². The molecular weight excluding hydrogens is 264 g/mol. The number of benzene rings is 1. The molecule has 2 aromatic rings. The molecule has 0 aliphatic rings. The third kappa shape index (κ3) is 3.72. The molecule has 1 aromatic heterocycles. The summed E-state index contributed by atoms with van der Waals surface area (Å²) in [6, 6.07) is 6.06. The largest absolute Gasteiger partial charge is 0.356 e. The molecule has 0 spiro atoms. The lowest BCUT2D eigenvalue weighted by molar-refractivity contribution is -0.121. The van der Waals surface area contributed by atoms with Gasteiger partial charge in [0, 0.05) is 18.5 Å². The van der Waals surface area contributed by atoms with Crippen molar-refractivity contribution in [3.05, 3.63) is 45.2 Å². The maximum absolute atomic E-state index is 12.1. The summed E-state index contributed by atoms with van der Waals surface area (Å²) in [5.74, 6) is 0.0430. The second-order valence-electron chi connectivity index (χ2n) is 5.52. The van der Waals surface area contributed by atoms with Gasteiger partial charge in [-0.2, -0.15) is 0 Å². The number of amides is 1. The Kier molecular flexibility index (Phi) is 4.78. The van der Waals surface area contributed by atoms with E-state index in [1.54, 1.807) is 0 Å². The number of aryl methyl sites for hydroxylation is 2. The number of aromatic amines is 1. The van der Waals surface area contributed by atoms with Crippen LogP contribution >= 0.6 is 0 Å². The van der Waals surface area contributed by atoms with Gasteiger partial charge in [-0.05, 0) is 49.8 Å². The zero-order valence-electron chi connectivity index (χ0n) is 12.9. The van der Waals surface area contributed by atoms with Crippen LogP contribution < -0.4 is 10.9 Å². The zero-order chi connectivity index (χ0) is 15.4. The number of hydrogen-bond acceptors (Lipinski definition) is 2. The second-order valence-corrected chi connectivity index (χ2v) is 5.52. The van der Waals surface area contributed by atoms with Gasteiger partial charge in [-0.25, -0.2) is 0 Å². The van der Waals surface area contributed by atoms with Crippen LogP contribution in [-0.4, -0.2) is 17.4 Å². The number of nitrogens with one attached hydrogen (secondary N) is 2. The summed E-state index contributed by atoms with van der Waals surface area (Å²) in [6.45, 7) is 6.51. The molecule has 1 heterocycles. The first kappa shape index (κ1) is 15.3. The molecular formula is C17H22N2O2. The number of hydrogen-bond donors (Lipinski definition) is 2. The number of H-pyrrole nitrogens is 1.